The largest absolute Gasteiger partial charge is 0.535 e. The molecule has 7 heteroatoms. The van der Waals surface area contributed by atoms with Crippen LogP contribution in [0.25, 0.3) is 0 Å². The van der Waals surface area contributed by atoms with Gasteiger partial charge < -0.3 is 0 Å². The highest BCUT2D eigenvalue weighted by Crippen LogP contribution is 2.04. The van der Waals surface area contributed by atoms with Gasteiger partial charge in [0, 0.05) is 39.3 Å². The van der Waals surface area contributed by atoms with Crippen LogP contribution >= 0.6 is 0 Å². The van der Waals surface area contributed by atoms with Gasteiger partial charge >= 0.3 is 9.53 Å². The molecule has 0 aromatic carbocycles. The molecule has 0 aliphatic heterocycles. The van der Waals surface area contributed by atoms with Crippen LogP contribution in [0.2, 0.25) is 0 Å². The Morgan fingerprint density at radius 3 is 0.895 bits per heavy atom. The lowest BCUT2D eigenvalue weighted by molar-refractivity contribution is -0.204. The molecule has 0 saturated heterocycles. The molecule has 0 N–H and O–H groups in total. The van der Waals surface area contributed by atoms with Crippen molar-refractivity contribution in [1.82, 2.24) is 15.2 Å². The Hall–Kier alpha value is -0.0231. The van der Waals surface area contributed by atoms with Crippen molar-refractivity contribution in [3.63, 3.8) is 0 Å². The van der Waals surface area contributed by atoms with E-state index in [-0.39, 0.29) is 0 Å². The minimum absolute atomic E-state index is 0.823. The van der Waals surface area contributed by atoms with Gasteiger partial charge in [0.25, 0.3) is 0 Å². The Labute approximate surface area is 120 Å². The lowest BCUT2D eigenvalue weighted by atomic mass is 10.6. The zero-order valence-electron chi connectivity index (χ0n) is 13.4. The van der Waals surface area contributed by atoms with E-state index in [1.54, 1.807) is 0 Å². The Kier molecular flexibility index (Phi) is 11.8. The van der Waals surface area contributed by atoms with Crippen LogP contribution in [0.5, 0.6) is 0 Å². The fourth-order valence-electron chi connectivity index (χ4n) is 1.54. The highest BCUT2D eigenvalue weighted by Gasteiger charge is 2.25. The maximum Gasteiger partial charge on any atom is 0.535 e. The minimum Gasteiger partial charge on any atom is -0.286 e. The predicted molar refractivity (Wildman–Crippen MR) is 79.2 cm³/mol. The van der Waals surface area contributed by atoms with Crippen LogP contribution in [0, 0.1) is 0 Å². The normalized spacial score (nSPS) is 12.3. The first-order valence-electron chi connectivity index (χ1n) is 7.39. The summed E-state index contributed by atoms with van der Waals surface area (Å²) in [6.07, 6.45) is 0. The Morgan fingerprint density at radius 1 is 0.526 bits per heavy atom. The summed E-state index contributed by atoms with van der Waals surface area (Å²) in [6, 6.07) is 0. The van der Waals surface area contributed by atoms with Crippen molar-refractivity contribution >= 4 is 9.53 Å². The van der Waals surface area contributed by atoms with E-state index >= 15 is 0 Å². The van der Waals surface area contributed by atoms with Crippen molar-refractivity contribution in [3.8, 4) is 0 Å². The molecule has 0 aliphatic carbocycles. The second kappa shape index (κ2) is 11.8. The second-order valence-electron chi connectivity index (χ2n) is 3.95. The molecular weight excluding hydrogens is 262 g/mol. The topological polar surface area (TPSA) is 37.4 Å². The molecule has 0 atom stereocenters. The van der Waals surface area contributed by atoms with Gasteiger partial charge in [-0.15, -0.1) is 0 Å². The Bertz CT molecular complexity index is 167. The highest BCUT2D eigenvalue weighted by atomic mass is 28.3. The summed E-state index contributed by atoms with van der Waals surface area (Å²) in [6.45, 7) is 17.3. The predicted octanol–water partition coefficient (Wildman–Crippen LogP) is 1.52. The molecule has 0 aromatic heterocycles. The SMILES string of the molecule is CCN(CC)O[SiH](ON(CC)CC)ON(CC)CC. The first-order chi connectivity index (χ1) is 9.14. The first kappa shape index (κ1) is 19.0. The molecule has 0 heterocycles. The fourth-order valence-corrected chi connectivity index (χ4v) is 3.28. The molecule has 0 unspecified atom stereocenters. The van der Waals surface area contributed by atoms with Crippen molar-refractivity contribution in [1.29, 1.82) is 0 Å². The van der Waals surface area contributed by atoms with E-state index in [9.17, 15) is 0 Å². The highest BCUT2D eigenvalue weighted by molar-refractivity contribution is 6.35. The lowest BCUT2D eigenvalue weighted by Gasteiger charge is -2.30. The van der Waals surface area contributed by atoms with E-state index in [1.807, 2.05) is 15.2 Å². The van der Waals surface area contributed by atoms with Crippen LogP contribution in [0.15, 0.2) is 0 Å². The van der Waals surface area contributed by atoms with Crippen molar-refractivity contribution in [2.75, 3.05) is 39.3 Å². The molecule has 6 nitrogen and oxygen atoms in total. The molecule has 0 amide bonds. The van der Waals surface area contributed by atoms with Gasteiger partial charge in [-0.05, 0) is 0 Å². The van der Waals surface area contributed by atoms with Gasteiger partial charge in [0.2, 0.25) is 0 Å². The van der Waals surface area contributed by atoms with E-state index in [0.29, 0.717) is 0 Å². The van der Waals surface area contributed by atoms with Gasteiger partial charge in [-0.25, -0.2) is 0 Å². The maximum atomic E-state index is 5.86. The van der Waals surface area contributed by atoms with E-state index < -0.39 is 9.53 Å². The first-order valence-corrected chi connectivity index (χ1v) is 8.81. The van der Waals surface area contributed by atoms with Gasteiger partial charge in [0.05, 0.1) is 0 Å². The molecule has 0 aliphatic rings. The van der Waals surface area contributed by atoms with Gasteiger partial charge in [-0.3, -0.25) is 13.6 Å². The third kappa shape index (κ3) is 7.98. The zero-order chi connectivity index (χ0) is 14.7. The minimum atomic E-state index is -2.24. The van der Waals surface area contributed by atoms with E-state index in [0.717, 1.165) is 39.3 Å². The van der Waals surface area contributed by atoms with Gasteiger partial charge in [0.1, 0.15) is 0 Å². The Morgan fingerprint density at radius 2 is 0.737 bits per heavy atom. The van der Waals surface area contributed by atoms with Gasteiger partial charge in [-0.1, -0.05) is 41.5 Å². The van der Waals surface area contributed by atoms with Crippen molar-refractivity contribution in [2.24, 2.45) is 0 Å². The molecule has 0 aromatic rings. The number of hydroxylamine groups is 6. The molecule has 0 radical (unpaired) electrons. The van der Waals surface area contributed by atoms with E-state index in [2.05, 4.69) is 41.5 Å². The maximum absolute atomic E-state index is 5.86. The summed E-state index contributed by atoms with van der Waals surface area (Å²) in [5, 5.41) is 5.64. The monoisotopic (exact) mass is 293 g/mol. The van der Waals surface area contributed by atoms with E-state index in [4.69, 9.17) is 13.6 Å². The van der Waals surface area contributed by atoms with Crippen LogP contribution in [0.4, 0.5) is 0 Å². The molecule has 0 rings (SSSR count). The summed E-state index contributed by atoms with van der Waals surface area (Å²) >= 11 is 0. The van der Waals surface area contributed by atoms with Crippen molar-refractivity contribution < 1.29 is 13.6 Å². The lowest BCUT2D eigenvalue weighted by Crippen LogP contribution is -2.45. The second-order valence-corrected chi connectivity index (χ2v) is 5.16. The third-order valence-electron chi connectivity index (χ3n) is 2.82. The molecular formula is C12H31N3O3Si. The summed E-state index contributed by atoms with van der Waals surface area (Å²) in [5.74, 6) is 0. The number of hydrogen-bond acceptors (Lipinski definition) is 6. The standard InChI is InChI=1S/C12H31N3O3Si/c1-7-13(8-2)16-19(17-14(9-3)10-4)18-15(11-5)12-6/h19H,7-12H2,1-6H3. The number of rotatable bonds is 12. The molecule has 0 spiro atoms. The van der Waals surface area contributed by atoms with Crippen molar-refractivity contribution in [2.45, 2.75) is 41.5 Å². The Balaban J connectivity index is 4.51. The summed E-state index contributed by atoms with van der Waals surface area (Å²) in [4.78, 5) is 0. The average Bonchev–Trinajstić information content (AvgIpc) is 2.46. The quantitative estimate of drug-likeness (QED) is 0.401. The third-order valence-corrected chi connectivity index (χ3v) is 4.23. The fraction of sp³-hybridized carbons (Fsp3) is 1.00. The van der Waals surface area contributed by atoms with Crippen molar-refractivity contribution in [3.05, 3.63) is 0 Å². The van der Waals surface area contributed by atoms with Crippen LogP contribution in [-0.4, -0.2) is 64.0 Å². The van der Waals surface area contributed by atoms with Crippen LogP contribution in [0.3, 0.4) is 0 Å². The average molecular weight is 293 g/mol. The molecule has 116 valence electrons. The van der Waals surface area contributed by atoms with Crippen LogP contribution < -0.4 is 0 Å². The molecule has 0 saturated carbocycles. The molecule has 19 heavy (non-hydrogen) atoms. The van der Waals surface area contributed by atoms with Crippen LogP contribution in [0.1, 0.15) is 41.5 Å². The van der Waals surface area contributed by atoms with Gasteiger partial charge in [-0.2, -0.15) is 15.2 Å². The van der Waals surface area contributed by atoms with E-state index in [1.165, 1.54) is 0 Å². The summed E-state index contributed by atoms with van der Waals surface area (Å²) in [5.41, 5.74) is 0. The smallest absolute Gasteiger partial charge is 0.286 e. The number of hydrogen-bond donors (Lipinski definition) is 0. The number of nitrogens with zero attached hydrogens (tertiary/aromatic N) is 3. The zero-order valence-corrected chi connectivity index (χ0v) is 14.5. The summed E-state index contributed by atoms with van der Waals surface area (Å²) in [7, 11) is -2.24. The van der Waals surface area contributed by atoms with Gasteiger partial charge in [0.15, 0.2) is 0 Å². The summed E-state index contributed by atoms with van der Waals surface area (Å²) < 4.78 is 17.6. The molecule has 0 fully saturated rings. The van der Waals surface area contributed by atoms with Crippen LogP contribution in [-0.2, 0) is 13.6 Å². The molecule has 0 bridgehead atoms.